The summed E-state index contributed by atoms with van der Waals surface area (Å²) in [5.41, 5.74) is 2.66. The molecule has 0 unspecified atom stereocenters. The molecule has 0 radical (unpaired) electrons. The summed E-state index contributed by atoms with van der Waals surface area (Å²) in [6, 6.07) is 18.7. The van der Waals surface area contributed by atoms with Crippen molar-refractivity contribution in [2.24, 2.45) is 0 Å². The van der Waals surface area contributed by atoms with Crippen LogP contribution in [0.5, 0.6) is 5.75 Å². The van der Waals surface area contributed by atoms with Gasteiger partial charge in [0.05, 0.1) is 0 Å². The molecule has 0 spiro atoms. The molecule has 2 aromatic carbocycles. The van der Waals surface area contributed by atoms with Gasteiger partial charge in [-0.05, 0) is 36.1 Å². The summed E-state index contributed by atoms with van der Waals surface area (Å²) < 4.78 is 17.5. The lowest BCUT2D eigenvalue weighted by Crippen LogP contribution is -2.30. The molecular weight excluding hydrogens is 263 g/mol. The van der Waals surface area contributed by atoms with Crippen molar-refractivity contribution in [3.63, 3.8) is 0 Å². The van der Waals surface area contributed by atoms with Gasteiger partial charge in [-0.25, -0.2) is 4.39 Å². The molecule has 1 aliphatic carbocycles. The van der Waals surface area contributed by atoms with Crippen LogP contribution in [0.1, 0.15) is 43.2 Å². The van der Waals surface area contributed by atoms with Gasteiger partial charge in [-0.3, -0.25) is 0 Å². The second-order valence-electron chi connectivity index (χ2n) is 5.79. The van der Waals surface area contributed by atoms with Crippen LogP contribution in [-0.4, -0.2) is 6.86 Å². The van der Waals surface area contributed by atoms with Gasteiger partial charge < -0.3 is 4.74 Å². The zero-order valence-corrected chi connectivity index (χ0v) is 12.2. The van der Waals surface area contributed by atoms with E-state index in [0.29, 0.717) is 5.75 Å². The maximum absolute atomic E-state index is 12.4. The molecular formula is C19H21FO. The van der Waals surface area contributed by atoms with Crippen LogP contribution in [0.25, 0.3) is 0 Å². The van der Waals surface area contributed by atoms with Crippen molar-refractivity contribution in [3.05, 3.63) is 65.7 Å². The molecule has 1 saturated carbocycles. The van der Waals surface area contributed by atoms with Gasteiger partial charge in [-0.2, -0.15) is 0 Å². The molecule has 1 nitrogen and oxygen atoms in total. The molecule has 0 atom stereocenters. The van der Waals surface area contributed by atoms with E-state index in [1.165, 1.54) is 30.4 Å². The minimum Gasteiger partial charge on any atom is -0.463 e. The molecule has 0 N–H and O–H groups in total. The summed E-state index contributed by atoms with van der Waals surface area (Å²) >= 11 is 0. The van der Waals surface area contributed by atoms with Gasteiger partial charge in [-0.1, -0.05) is 61.7 Å². The maximum Gasteiger partial charge on any atom is 0.228 e. The van der Waals surface area contributed by atoms with Gasteiger partial charge >= 0.3 is 0 Å². The van der Waals surface area contributed by atoms with Gasteiger partial charge in [-0.15, -0.1) is 0 Å². The highest BCUT2D eigenvalue weighted by molar-refractivity contribution is 5.43. The Morgan fingerprint density at radius 2 is 1.57 bits per heavy atom. The monoisotopic (exact) mass is 284 g/mol. The molecule has 110 valence electrons. The first-order chi connectivity index (χ1) is 10.3. The third-order valence-corrected chi connectivity index (χ3v) is 4.64. The lowest BCUT2D eigenvalue weighted by atomic mass is 9.65. The molecule has 0 aromatic heterocycles. The molecule has 0 amide bonds. The van der Waals surface area contributed by atoms with Crippen LogP contribution in [0, 0.1) is 0 Å². The van der Waals surface area contributed by atoms with E-state index in [-0.39, 0.29) is 5.41 Å². The van der Waals surface area contributed by atoms with E-state index in [2.05, 4.69) is 36.4 Å². The lowest BCUT2D eigenvalue weighted by molar-refractivity contribution is 0.191. The third kappa shape index (κ3) is 2.80. The zero-order chi connectivity index (χ0) is 14.5. The van der Waals surface area contributed by atoms with Crippen LogP contribution in [0.2, 0.25) is 0 Å². The number of benzene rings is 2. The fourth-order valence-corrected chi connectivity index (χ4v) is 3.60. The highest BCUT2D eigenvalue weighted by Gasteiger charge is 2.35. The van der Waals surface area contributed by atoms with E-state index in [9.17, 15) is 4.39 Å². The smallest absolute Gasteiger partial charge is 0.228 e. The predicted molar refractivity (Wildman–Crippen MR) is 83.4 cm³/mol. The first kappa shape index (κ1) is 14.1. The zero-order valence-electron chi connectivity index (χ0n) is 12.2. The van der Waals surface area contributed by atoms with Gasteiger partial charge in [0.2, 0.25) is 6.86 Å². The molecule has 1 aliphatic rings. The number of alkyl halides is 1. The third-order valence-electron chi connectivity index (χ3n) is 4.64. The molecule has 2 aromatic rings. The quantitative estimate of drug-likeness (QED) is 0.745. The summed E-state index contributed by atoms with van der Waals surface area (Å²) in [6.07, 6.45) is 6.08. The topological polar surface area (TPSA) is 9.23 Å². The van der Waals surface area contributed by atoms with Crippen LogP contribution >= 0.6 is 0 Å². The fourth-order valence-electron chi connectivity index (χ4n) is 3.60. The number of hydrogen-bond acceptors (Lipinski definition) is 1. The largest absolute Gasteiger partial charge is 0.463 e. The fraction of sp³-hybridized carbons (Fsp3) is 0.368. The first-order valence-electron chi connectivity index (χ1n) is 7.70. The average Bonchev–Trinajstić information content (AvgIpc) is 2.57. The van der Waals surface area contributed by atoms with Gasteiger partial charge in [0, 0.05) is 5.41 Å². The van der Waals surface area contributed by atoms with Crippen molar-refractivity contribution >= 4 is 0 Å². The number of halogens is 1. The minimum atomic E-state index is -0.776. The Morgan fingerprint density at radius 3 is 2.29 bits per heavy atom. The van der Waals surface area contributed by atoms with Crippen LogP contribution in [0.4, 0.5) is 4.39 Å². The highest BCUT2D eigenvalue weighted by Crippen LogP contribution is 2.45. The van der Waals surface area contributed by atoms with E-state index < -0.39 is 6.86 Å². The number of ether oxygens (including phenoxy) is 1. The highest BCUT2D eigenvalue weighted by atomic mass is 19.1. The normalized spacial score (nSPS) is 17.4. The molecule has 3 rings (SSSR count). The summed E-state index contributed by atoms with van der Waals surface area (Å²) in [6.45, 7) is -0.776. The SMILES string of the molecule is FCOc1cccc(C2(c3ccccc3)CCCCC2)c1. The summed E-state index contributed by atoms with van der Waals surface area (Å²) in [5.74, 6) is 0.621. The van der Waals surface area contributed by atoms with Crippen LogP contribution < -0.4 is 4.74 Å². The molecule has 0 heterocycles. The first-order valence-corrected chi connectivity index (χ1v) is 7.70. The van der Waals surface area contributed by atoms with E-state index in [0.717, 1.165) is 12.8 Å². The number of hydrogen-bond donors (Lipinski definition) is 0. The number of rotatable bonds is 4. The Balaban J connectivity index is 2.05. The molecule has 0 aliphatic heterocycles. The molecule has 0 bridgehead atoms. The van der Waals surface area contributed by atoms with Gasteiger partial charge in [0.15, 0.2) is 0 Å². The second kappa shape index (κ2) is 6.30. The minimum absolute atomic E-state index is 0.0508. The van der Waals surface area contributed by atoms with Crippen molar-refractivity contribution in [1.82, 2.24) is 0 Å². The van der Waals surface area contributed by atoms with E-state index in [1.807, 2.05) is 18.2 Å². The Hall–Kier alpha value is -1.83. The van der Waals surface area contributed by atoms with Crippen molar-refractivity contribution < 1.29 is 9.13 Å². The van der Waals surface area contributed by atoms with E-state index in [1.54, 1.807) is 0 Å². The Morgan fingerprint density at radius 1 is 0.857 bits per heavy atom. The Bertz CT molecular complexity index is 573. The Labute approximate surface area is 125 Å². The molecule has 2 heteroatoms. The van der Waals surface area contributed by atoms with E-state index in [4.69, 9.17) is 4.74 Å². The van der Waals surface area contributed by atoms with Gasteiger partial charge in [0.1, 0.15) is 5.75 Å². The van der Waals surface area contributed by atoms with Crippen molar-refractivity contribution in [2.45, 2.75) is 37.5 Å². The van der Waals surface area contributed by atoms with Crippen LogP contribution in [-0.2, 0) is 5.41 Å². The Kier molecular flexibility index (Phi) is 4.23. The standard InChI is InChI=1S/C19H21FO/c20-15-21-18-11-7-10-17(14-18)19(12-5-2-6-13-19)16-8-3-1-4-9-16/h1,3-4,7-11,14H,2,5-6,12-13,15H2. The van der Waals surface area contributed by atoms with Crippen LogP contribution in [0.15, 0.2) is 54.6 Å². The summed E-state index contributed by atoms with van der Waals surface area (Å²) in [4.78, 5) is 0. The lowest BCUT2D eigenvalue weighted by Gasteiger charge is -2.38. The van der Waals surface area contributed by atoms with E-state index >= 15 is 0 Å². The van der Waals surface area contributed by atoms with Crippen molar-refractivity contribution in [2.75, 3.05) is 6.86 Å². The van der Waals surface area contributed by atoms with Crippen LogP contribution in [0.3, 0.4) is 0 Å². The van der Waals surface area contributed by atoms with Crippen molar-refractivity contribution in [1.29, 1.82) is 0 Å². The maximum atomic E-state index is 12.4. The average molecular weight is 284 g/mol. The molecule has 1 fully saturated rings. The predicted octanol–water partition coefficient (Wildman–Crippen LogP) is 5.24. The molecule has 21 heavy (non-hydrogen) atoms. The van der Waals surface area contributed by atoms with Gasteiger partial charge in [0.25, 0.3) is 0 Å². The summed E-state index contributed by atoms with van der Waals surface area (Å²) in [7, 11) is 0. The summed E-state index contributed by atoms with van der Waals surface area (Å²) in [5, 5.41) is 0. The second-order valence-corrected chi connectivity index (χ2v) is 5.79. The molecule has 0 saturated heterocycles. The van der Waals surface area contributed by atoms with Crippen molar-refractivity contribution in [3.8, 4) is 5.75 Å².